The van der Waals surface area contributed by atoms with E-state index in [2.05, 4.69) is 25.9 Å². The smallest absolute Gasteiger partial charge is 0.310 e. The highest BCUT2D eigenvalue weighted by molar-refractivity contribution is 5.97. The van der Waals surface area contributed by atoms with Crippen LogP contribution in [0.25, 0.3) is 0 Å². The normalized spacial score (nSPS) is 15.5. The monoisotopic (exact) mass is 1240 g/mol. The van der Waals surface area contributed by atoms with Gasteiger partial charge in [0.05, 0.1) is 35.6 Å². The Morgan fingerprint density at radius 3 is 1.38 bits per heavy atom. The first-order valence-electron chi connectivity index (χ1n) is 31.1. The Balaban J connectivity index is 1.32. The van der Waals surface area contributed by atoms with Crippen molar-refractivity contribution in [1.82, 2.24) is 20.9 Å². The van der Waals surface area contributed by atoms with Crippen LogP contribution in [-0.4, -0.2) is 131 Å². The molecule has 1 aliphatic rings. The SMILES string of the molecule is CC(C)C[C@@H](CC(=O)[C@@H](Cc1ccccc1)NC(=O)[C@H](N)Cc1ccccc1)C(=O)N[C@H](CCN=C(N)N)C(=O)CC1(C(=O)O)CCN(C(=O)[C@@H](CCN=C(N)N)CC(=O)[C@@H](CC(C)C)NC(=O)[C@H](CC(=O)[C@H](N)Cc2ccccc2)Cc2ccccc2)CC1. The molecule has 4 aromatic carbocycles. The van der Waals surface area contributed by atoms with E-state index in [1.807, 2.05) is 149 Å². The predicted molar refractivity (Wildman–Crippen MR) is 347 cm³/mol. The van der Waals surface area contributed by atoms with Gasteiger partial charge < -0.3 is 60.4 Å². The maximum atomic E-state index is 14.7. The molecule has 4 aromatic rings. The van der Waals surface area contributed by atoms with Crippen LogP contribution in [0, 0.1) is 35.0 Å². The van der Waals surface area contributed by atoms with Crippen molar-refractivity contribution in [3.8, 4) is 0 Å². The molecule has 90 heavy (non-hydrogen) atoms. The Hall–Kier alpha value is -8.63. The molecule has 8 atom stereocenters. The molecule has 0 aliphatic carbocycles. The highest BCUT2D eigenvalue weighted by Gasteiger charge is 2.46. The van der Waals surface area contributed by atoms with E-state index in [-0.39, 0.29) is 139 Å². The number of guanidine groups is 2. The zero-order chi connectivity index (χ0) is 65.9. The van der Waals surface area contributed by atoms with E-state index in [0.29, 0.717) is 0 Å². The summed E-state index contributed by atoms with van der Waals surface area (Å²) in [7, 11) is 0. The number of hydrogen-bond acceptors (Lipinski definition) is 13. The fraction of sp³-hybridized carbons (Fsp3) is 0.485. The molecule has 1 fully saturated rings. The summed E-state index contributed by atoms with van der Waals surface area (Å²) in [5, 5.41) is 19.5. The van der Waals surface area contributed by atoms with E-state index in [1.165, 1.54) is 4.90 Å². The van der Waals surface area contributed by atoms with Gasteiger partial charge in [0, 0.05) is 69.6 Å². The number of ketones is 4. The minimum Gasteiger partial charge on any atom is -0.481 e. The topological polar surface area (TPSA) is 394 Å². The first kappa shape index (κ1) is 72.1. The lowest BCUT2D eigenvalue weighted by molar-refractivity contribution is -0.158. The van der Waals surface area contributed by atoms with Gasteiger partial charge in [0.1, 0.15) is 0 Å². The van der Waals surface area contributed by atoms with Gasteiger partial charge in [-0.2, -0.15) is 0 Å². The van der Waals surface area contributed by atoms with Crippen molar-refractivity contribution >= 4 is 64.7 Å². The molecule has 0 radical (unpaired) electrons. The Bertz CT molecular complexity index is 3060. The zero-order valence-corrected chi connectivity index (χ0v) is 52.5. The van der Waals surface area contributed by atoms with E-state index in [1.54, 1.807) is 0 Å². The Labute approximate surface area is 528 Å². The van der Waals surface area contributed by atoms with Crippen molar-refractivity contribution in [3.63, 3.8) is 0 Å². The number of nitrogens with zero attached hydrogens (tertiary/aromatic N) is 3. The van der Waals surface area contributed by atoms with E-state index in [4.69, 9.17) is 34.4 Å². The predicted octanol–water partition coefficient (Wildman–Crippen LogP) is 3.86. The third kappa shape index (κ3) is 24.1. The number of aliphatic imine (C=N–C) groups is 2. The fourth-order valence-electron chi connectivity index (χ4n) is 11.4. The van der Waals surface area contributed by atoms with Crippen molar-refractivity contribution in [2.45, 2.75) is 148 Å². The lowest BCUT2D eigenvalue weighted by Gasteiger charge is -2.40. The molecule has 4 amide bonds. The molecule has 0 saturated carbocycles. The van der Waals surface area contributed by atoms with E-state index in [9.17, 15) is 48.3 Å². The lowest BCUT2D eigenvalue weighted by Crippen LogP contribution is -2.52. The first-order chi connectivity index (χ1) is 42.8. The van der Waals surface area contributed by atoms with Crippen LogP contribution in [0.2, 0.25) is 0 Å². The van der Waals surface area contributed by atoms with Crippen molar-refractivity contribution < 1.29 is 48.3 Å². The Morgan fingerprint density at radius 2 is 0.889 bits per heavy atom. The molecule has 22 heteroatoms. The number of benzene rings is 4. The van der Waals surface area contributed by atoms with Crippen LogP contribution < -0.4 is 50.4 Å². The number of carboxylic acid groups (broad SMARTS) is 1. The molecule has 0 aromatic heterocycles. The van der Waals surface area contributed by atoms with Crippen LogP contribution in [0.4, 0.5) is 0 Å². The summed E-state index contributed by atoms with van der Waals surface area (Å²) in [6.07, 6.45) is -0.656. The van der Waals surface area contributed by atoms with Crippen molar-refractivity contribution in [1.29, 1.82) is 0 Å². The van der Waals surface area contributed by atoms with Crippen LogP contribution in [0.5, 0.6) is 0 Å². The van der Waals surface area contributed by atoms with Gasteiger partial charge in [-0.1, -0.05) is 149 Å². The van der Waals surface area contributed by atoms with Crippen LogP contribution in [0.15, 0.2) is 131 Å². The van der Waals surface area contributed by atoms with E-state index >= 15 is 0 Å². The van der Waals surface area contributed by atoms with Gasteiger partial charge in [0.2, 0.25) is 23.6 Å². The van der Waals surface area contributed by atoms with Crippen LogP contribution in [0.3, 0.4) is 0 Å². The summed E-state index contributed by atoms with van der Waals surface area (Å²) in [4.78, 5) is 138. The number of carbonyl (C=O) groups is 9. The summed E-state index contributed by atoms with van der Waals surface area (Å²) in [5.74, 6) is -8.95. The van der Waals surface area contributed by atoms with Crippen molar-refractivity contribution in [3.05, 3.63) is 144 Å². The molecule has 0 unspecified atom stereocenters. The summed E-state index contributed by atoms with van der Waals surface area (Å²) in [6, 6.07) is 31.5. The van der Waals surface area contributed by atoms with Gasteiger partial charge in [0.15, 0.2) is 35.1 Å². The van der Waals surface area contributed by atoms with E-state index in [0.717, 1.165) is 22.3 Å². The summed E-state index contributed by atoms with van der Waals surface area (Å²) >= 11 is 0. The number of nitrogens with two attached hydrogens (primary N) is 6. The zero-order valence-electron chi connectivity index (χ0n) is 52.5. The molecular formula is C68H94N12O10. The molecular weight excluding hydrogens is 1140 g/mol. The third-order valence-electron chi connectivity index (χ3n) is 16.4. The maximum absolute atomic E-state index is 14.7. The third-order valence-corrected chi connectivity index (χ3v) is 16.4. The second kappa shape index (κ2) is 36.1. The number of aliphatic carboxylic acids is 1. The minimum atomic E-state index is -1.70. The second-order valence-electron chi connectivity index (χ2n) is 24.8. The van der Waals surface area contributed by atoms with Crippen LogP contribution >= 0.6 is 0 Å². The number of rotatable bonds is 38. The average molecular weight is 1240 g/mol. The molecule has 5 rings (SSSR count). The van der Waals surface area contributed by atoms with Gasteiger partial charge >= 0.3 is 5.97 Å². The molecule has 16 N–H and O–H groups in total. The summed E-state index contributed by atoms with van der Waals surface area (Å²) < 4.78 is 0. The number of likely N-dealkylation sites (tertiary alicyclic amines) is 1. The molecule has 0 bridgehead atoms. The highest BCUT2D eigenvalue weighted by atomic mass is 16.4. The number of nitrogens with one attached hydrogen (secondary N) is 3. The molecule has 0 spiro atoms. The Kier molecular flexibility index (Phi) is 29.0. The first-order valence-corrected chi connectivity index (χ1v) is 31.1. The molecule has 486 valence electrons. The second-order valence-corrected chi connectivity index (χ2v) is 24.8. The number of hydrogen-bond donors (Lipinski definition) is 10. The number of Topliss-reactive ketones (excluding diaryl/α,β-unsaturated/α-hetero) is 4. The molecule has 1 saturated heterocycles. The Morgan fingerprint density at radius 1 is 0.478 bits per heavy atom. The average Bonchev–Trinajstić information content (AvgIpc) is 1.15. The molecule has 1 heterocycles. The van der Waals surface area contributed by atoms with Gasteiger partial charge in [-0.3, -0.25) is 53.1 Å². The maximum Gasteiger partial charge on any atom is 0.310 e. The number of carboxylic acids is 1. The largest absolute Gasteiger partial charge is 0.481 e. The molecule has 22 nitrogen and oxygen atoms in total. The quantitative estimate of drug-likeness (QED) is 0.0225. The van der Waals surface area contributed by atoms with E-state index < -0.39 is 107 Å². The summed E-state index contributed by atoms with van der Waals surface area (Å²) in [6.45, 7) is 7.12. The number of carbonyl (C=O) groups excluding carboxylic acids is 8. The summed E-state index contributed by atoms with van der Waals surface area (Å²) in [5.41, 5.74) is 37.0. The molecule has 1 aliphatic heterocycles. The van der Waals surface area contributed by atoms with Crippen LogP contribution in [-0.2, 0) is 68.8 Å². The van der Waals surface area contributed by atoms with Crippen LogP contribution in [0.1, 0.15) is 114 Å². The lowest BCUT2D eigenvalue weighted by atomic mass is 9.73. The van der Waals surface area contributed by atoms with Gasteiger partial charge in [-0.05, 0) is 98.3 Å². The fourth-order valence-corrected chi connectivity index (χ4v) is 11.4. The number of amides is 4. The van der Waals surface area contributed by atoms with Gasteiger partial charge in [0.25, 0.3) is 0 Å². The van der Waals surface area contributed by atoms with Gasteiger partial charge in [-0.25, -0.2) is 0 Å². The highest BCUT2D eigenvalue weighted by Crippen LogP contribution is 2.37. The van der Waals surface area contributed by atoms with Gasteiger partial charge in [-0.15, -0.1) is 0 Å². The van der Waals surface area contributed by atoms with Crippen molar-refractivity contribution in [2.24, 2.45) is 79.4 Å². The minimum absolute atomic E-state index is 0.0140. The standard InChI is InChI=1S/C68H94N12O10/c1-43(2)33-50(41-59(83)56(38-48-23-15-8-16-24-48)79-63(87)53(70)37-47-21-13-7-14-22-47)61(85)77-54(26-30-76-67(73)74)60(84)42-68(65(89)90)27-31-80(32-28-68)64(88)49(25-29-75-66(71)72)39-58(82)55(34-44(3)4)78-62(86)51(35-45-17-9-5-10-18-45)40-57(81)52(69)36-46-19-11-6-12-20-46/h5-24,43-44,49-56H,25-42,69-70H2,1-4H3,(H,77,85)(H,78,86)(H,79,87)(H,89,90)(H4,71,72,75)(H4,73,74,76)/t49-,50-,51-,52+,53+,54+,55+,56+/m0/s1. The number of piperidine rings is 1. The van der Waals surface area contributed by atoms with Crippen molar-refractivity contribution in [2.75, 3.05) is 26.2 Å².